The minimum Gasteiger partial charge on any atom is -0.394 e. The van der Waals surface area contributed by atoms with Gasteiger partial charge in [-0.05, 0) is 39.0 Å². The molecule has 5 heteroatoms. The molecule has 0 saturated heterocycles. The van der Waals surface area contributed by atoms with Crippen LogP contribution in [0.25, 0.3) is 0 Å². The van der Waals surface area contributed by atoms with Crippen molar-refractivity contribution < 1.29 is 20.1 Å². The van der Waals surface area contributed by atoms with E-state index in [2.05, 4.69) is 36.5 Å². The number of nitrogens with one attached hydrogen (secondary N) is 1. The van der Waals surface area contributed by atoms with Gasteiger partial charge in [0, 0.05) is 0 Å². The van der Waals surface area contributed by atoms with E-state index in [-0.39, 0.29) is 18.9 Å². The highest BCUT2D eigenvalue weighted by Gasteiger charge is 2.20. The second-order valence-corrected chi connectivity index (χ2v) is 12.1. The predicted molar refractivity (Wildman–Crippen MR) is 181 cm³/mol. The molecule has 0 aromatic carbocycles. The molecule has 0 rings (SSSR count). The Morgan fingerprint density at radius 2 is 1.07 bits per heavy atom. The van der Waals surface area contributed by atoms with E-state index >= 15 is 0 Å². The van der Waals surface area contributed by atoms with E-state index in [9.17, 15) is 20.1 Å². The van der Waals surface area contributed by atoms with Gasteiger partial charge < -0.3 is 20.6 Å². The molecule has 3 atom stereocenters. The van der Waals surface area contributed by atoms with Crippen molar-refractivity contribution in [3.63, 3.8) is 0 Å². The first kappa shape index (κ1) is 40.6. The second-order valence-electron chi connectivity index (χ2n) is 12.1. The minimum atomic E-state index is -0.954. The molecule has 0 spiro atoms. The van der Waals surface area contributed by atoms with E-state index in [1.807, 2.05) is 13.0 Å². The molecule has 0 radical (unpaired) electrons. The number of aliphatic hydroxyl groups excluding tert-OH is 3. The predicted octanol–water partition coefficient (Wildman–Crippen LogP) is 9.26. The van der Waals surface area contributed by atoms with Crippen LogP contribution in [0.1, 0.15) is 168 Å². The van der Waals surface area contributed by atoms with E-state index in [4.69, 9.17) is 0 Å². The molecule has 1 amide bonds. The molecule has 0 aliphatic rings. The van der Waals surface area contributed by atoms with E-state index in [1.54, 1.807) is 6.08 Å². The Bertz CT molecular complexity index is 660. The third-order valence-corrected chi connectivity index (χ3v) is 8.00. The smallest absolute Gasteiger partial charge is 0.222 e. The van der Waals surface area contributed by atoms with Gasteiger partial charge >= 0.3 is 0 Å². The fraction of sp³-hybridized carbons (Fsp3) is 0.811. The first-order valence-corrected chi connectivity index (χ1v) is 17.7. The number of unbranched alkanes of at least 4 members (excludes halogenated alkanes) is 19. The number of carbonyl (C=O) groups is 1. The Balaban J connectivity index is 3.68. The highest BCUT2D eigenvalue weighted by molar-refractivity contribution is 5.76. The van der Waals surface area contributed by atoms with E-state index < -0.39 is 18.2 Å². The first-order valence-electron chi connectivity index (χ1n) is 17.7. The van der Waals surface area contributed by atoms with Gasteiger partial charge in [0.25, 0.3) is 0 Å². The van der Waals surface area contributed by atoms with E-state index in [0.29, 0.717) is 6.42 Å². The molecule has 3 unspecified atom stereocenters. The quantitative estimate of drug-likeness (QED) is 0.0478. The molecule has 0 heterocycles. The number of hydrogen-bond donors (Lipinski definition) is 4. The number of aliphatic hydroxyl groups is 3. The van der Waals surface area contributed by atoms with Crippen molar-refractivity contribution in [1.82, 2.24) is 5.32 Å². The lowest BCUT2D eigenvalue weighted by Gasteiger charge is -2.21. The van der Waals surface area contributed by atoms with Crippen molar-refractivity contribution in [3.05, 3.63) is 36.5 Å². The molecule has 0 bridgehead atoms. The minimum absolute atomic E-state index is 0.00388. The maximum atomic E-state index is 12.3. The molecule has 246 valence electrons. The summed E-state index contributed by atoms with van der Waals surface area (Å²) in [6, 6.07) is -0.762. The van der Waals surface area contributed by atoms with Crippen LogP contribution in [0.3, 0.4) is 0 Å². The molecule has 5 nitrogen and oxygen atoms in total. The van der Waals surface area contributed by atoms with Crippen LogP contribution in [0.4, 0.5) is 0 Å². The van der Waals surface area contributed by atoms with Gasteiger partial charge in [0.2, 0.25) is 5.91 Å². The van der Waals surface area contributed by atoms with Gasteiger partial charge in [-0.2, -0.15) is 0 Å². The summed E-state index contributed by atoms with van der Waals surface area (Å²) in [6.45, 7) is 3.95. The summed E-state index contributed by atoms with van der Waals surface area (Å²) in [7, 11) is 0. The summed E-state index contributed by atoms with van der Waals surface area (Å²) in [5, 5.41) is 32.9. The molecule has 0 fully saturated rings. The number of amides is 1. The Labute approximate surface area is 260 Å². The van der Waals surface area contributed by atoms with Crippen molar-refractivity contribution >= 4 is 5.91 Å². The summed E-state index contributed by atoms with van der Waals surface area (Å²) in [4.78, 5) is 12.3. The van der Waals surface area contributed by atoms with E-state index in [0.717, 1.165) is 38.5 Å². The average Bonchev–Trinajstić information content (AvgIpc) is 2.98. The SMILES string of the molecule is C/C=C/CC/C=C/CC/C=C/C(O)C(CO)NC(=O)CC(O)CCCCCCCCCCCCCCCCCCCC. The lowest BCUT2D eigenvalue weighted by Crippen LogP contribution is -2.45. The van der Waals surface area contributed by atoms with Gasteiger partial charge in [-0.3, -0.25) is 4.79 Å². The van der Waals surface area contributed by atoms with Crippen LogP contribution >= 0.6 is 0 Å². The fourth-order valence-corrected chi connectivity index (χ4v) is 5.26. The summed E-state index contributed by atoms with van der Waals surface area (Å²) in [6.07, 6.45) is 38.7. The maximum absolute atomic E-state index is 12.3. The van der Waals surface area contributed by atoms with Crippen LogP contribution in [-0.2, 0) is 4.79 Å². The monoisotopic (exact) mass is 592 g/mol. The molecule has 42 heavy (non-hydrogen) atoms. The average molecular weight is 592 g/mol. The highest BCUT2D eigenvalue weighted by atomic mass is 16.3. The summed E-state index contributed by atoms with van der Waals surface area (Å²) < 4.78 is 0. The molecule has 0 aliphatic carbocycles. The topological polar surface area (TPSA) is 89.8 Å². The Kier molecular flexibility index (Phi) is 31.4. The zero-order chi connectivity index (χ0) is 30.9. The van der Waals surface area contributed by atoms with Crippen LogP contribution < -0.4 is 5.32 Å². The van der Waals surface area contributed by atoms with Crippen LogP contribution in [0.15, 0.2) is 36.5 Å². The fourth-order valence-electron chi connectivity index (χ4n) is 5.26. The number of allylic oxidation sites excluding steroid dienone is 5. The second kappa shape index (κ2) is 32.5. The van der Waals surface area contributed by atoms with Crippen molar-refractivity contribution in [2.75, 3.05) is 6.61 Å². The summed E-state index contributed by atoms with van der Waals surface area (Å²) >= 11 is 0. The van der Waals surface area contributed by atoms with Crippen molar-refractivity contribution in [2.45, 2.75) is 186 Å². The standard InChI is InChI=1S/C37H69NO4/c1-3-5-7-9-11-13-14-15-16-17-18-19-20-21-23-24-26-28-30-34(40)32-37(42)38-35(33-39)36(41)31-29-27-25-22-12-10-8-6-4-2/h4,6,12,22,29,31,34-36,39-41H,3,5,7-11,13-21,23-28,30,32-33H2,1-2H3,(H,38,42)/b6-4+,22-12+,31-29+. The van der Waals surface area contributed by atoms with Gasteiger partial charge in [0.15, 0.2) is 0 Å². The van der Waals surface area contributed by atoms with Gasteiger partial charge in [0.1, 0.15) is 0 Å². The lowest BCUT2D eigenvalue weighted by molar-refractivity contribution is -0.124. The van der Waals surface area contributed by atoms with Crippen LogP contribution in [0, 0.1) is 0 Å². The molecule has 0 aromatic heterocycles. The third kappa shape index (κ3) is 28.7. The van der Waals surface area contributed by atoms with Crippen LogP contribution in [-0.4, -0.2) is 46.1 Å². The summed E-state index contributed by atoms with van der Waals surface area (Å²) in [5.74, 6) is -0.333. The molecule has 4 N–H and O–H groups in total. The Morgan fingerprint density at radius 3 is 1.52 bits per heavy atom. The van der Waals surface area contributed by atoms with E-state index in [1.165, 1.54) is 103 Å². The molecule has 0 saturated carbocycles. The highest BCUT2D eigenvalue weighted by Crippen LogP contribution is 2.15. The Morgan fingerprint density at radius 1 is 0.643 bits per heavy atom. The third-order valence-electron chi connectivity index (χ3n) is 8.00. The van der Waals surface area contributed by atoms with Crippen molar-refractivity contribution in [2.24, 2.45) is 0 Å². The number of rotatable bonds is 31. The molecular formula is C37H69NO4. The largest absolute Gasteiger partial charge is 0.394 e. The molecule has 0 aliphatic heterocycles. The maximum Gasteiger partial charge on any atom is 0.222 e. The van der Waals surface area contributed by atoms with Gasteiger partial charge in [-0.25, -0.2) is 0 Å². The normalized spacial score (nSPS) is 14.3. The number of carbonyl (C=O) groups excluding carboxylic acids is 1. The zero-order valence-corrected chi connectivity index (χ0v) is 27.6. The van der Waals surface area contributed by atoms with Gasteiger partial charge in [-0.1, -0.05) is 159 Å². The van der Waals surface area contributed by atoms with Crippen LogP contribution in [0.5, 0.6) is 0 Å². The zero-order valence-electron chi connectivity index (χ0n) is 27.6. The van der Waals surface area contributed by atoms with Gasteiger partial charge in [-0.15, -0.1) is 0 Å². The Hall–Kier alpha value is -1.43. The molecular weight excluding hydrogens is 522 g/mol. The van der Waals surface area contributed by atoms with Crippen molar-refractivity contribution in [1.29, 1.82) is 0 Å². The van der Waals surface area contributed by atoms with Crippen molar-refractivity contribution in [3.8, 4) is 0 Å². The van der Waals surface area contributed by atoms with Crippen LogP contribution in [0.2, 0.25) is 0 Å². The first-order chi connectivity index (χ1) is 20.5. The molecule has 0 aromatic rings. The summed E-state index contributed by atoms with van der Waals surface area (Å²) in [5.41, 5.74) is 0. The lowest BCUT2D eigenvalue weighted by atomic mass is 10.0. The van der Waals surface area contributed by atoms with Gasteiger partial charge in [0.05, 0.1) is 31.3 Å². The number of hydrogen-bond acceptors (Lipinski definition) is 4.